The van der Waals surface area contributed by atoms with E-state index in [2.05, 4.69) is 20.8 Å². The van der Waals surface area contributed by atoms with Crippen LogP contribution >= 0.6 is 0 Å². The van der Waals surface area contributed by atoms with Crippen molar-refractivity contribution in [3.05, 3.63) is 0 Å². The SMILES string of the molecule is COC(=O)N1CC[C@H](C)[C@@H]1COC1CCC(C(C)C)CC1. The summed E-state index contributed by atoms with van der Waals surface area (Å²) in [5, 5.41) is 0. The van der Waals surface area contributed by atoms with Crippen LogP contribution in [0.5, 0.6) is 0 Å². The molecule has 2 atom stereocenters. The molecule has 0 N–H and O–H groups in total. The number of methoxy groups -OCH3 is 1. The zero-order valence-electron chi connectivity index (χ0n) is 14.0. The molecule has 21 heavy (non-hydrogen) atoms. The van der Waals surface area contributed by atoms with Gasteiger partial charge in [0.2, 0.25) is 0 Å². The van der Waals surface area contributed by atoms with E-state index in [0.29, 0.717) is 18.6 Å². The van der Waals surface area contributed by atoms with E-state index < -0.39 is 0 Å². The third-order valence-electron chi connectivity index (χ3n) is 5.46. The molecule has 0 aromatic rings. The minimum absolute atomic E-state index is 0.181. The van der Waals surface area contributed by atoms with Gasteiger partial charge >= 0.3 is 6.09 Å². The van der Waals surface area contributed by atoms with E-state index in [1.54, 1.807) is 0 Å². The van der Waals surface area contributed by atoms with Crippen LogP contribution in [0.1, 0.15) is 52.9 Å². The van der Waals surface area contributed by atoms with E-state index in [1.807, 2.05) is 4.90 Å². The monoisotopic (exact) mass is 297 g/mol. The smallest absolute Gasteiger partial charge is 0.409 e. The number of ether oxygens (including phenoxy) is 2. The van der Waals surface area contributed by atoms with Gasteiger partial charge in [-0.3, -0.25) is 0 Å². The van der Waals surface area contributed by atoms with Gasteiger partial charge in [0.1, 0.15) is 0 Å². The van der Waals surface area contributed by atoms with Crippen molar-refractivity contribution in [2.45, 2.75) is 65.0 Å². The summed E-state index contributed by atoms with van der Waals surface area (Å²) < 4.78 is 11.0. The van der Waals surface area contributed by atoms with Crippen LogP contribution in [0.25, 0.3) is 0 Å². The predicted molar refractivity (Wildman–Crippen MR) is 83.2 cm³/mol. The van der Waals surface area contributed by atoms with Gasteiger partial charge in [-0.05, 0) is 49.9 Å². The van der Waals surface area contributed by atoms with Crippen LogP contribution in [0.4, 0.5) is 4.79 Å². The second-order valence-electron chi connectivity index (χ2n) is 7.11. The Hall–Kier alpha value is -0.770. The molecule has 4 heteroatoms. The fourth-order valence-electron chi connectivity index (χ4n) is 3.76. The van der Waals surface area contributed by atoms with Crippen LogP contribution in [0.15, 0.2) is 0 Å². The summed E-state index contributed by atoms with van der Waals surface area (Å²) in [5.74, 6) is 2.15. The number of carbonyl (C=O) groups is 1. The van der Waals surface area contributed by atoms with Crippen LogP contribution < -0.4 is 0 Å². The van der Waals surface area contributed by atoms with Gasteiger partial charge in [0, 0.05) is 6.54 Å². The third-order valence-corrected chi connectivity index (χ3v) is 5.46. The van der Waals surface area contributed by atoms with Gasteiger partial charge in [-0.25, -0.2) is 4.79 Å². The Labute approximate surface area is 129 Å². The summed E-state index contributed by atoms with van der Waals surface area (Å²) in [6.45, 7) is 8.29. The molecule has 0 radical (unpaired) electrons. The van der Waals surface area contributed by atoms with Crippen LogP contribution in [0.3, 0.4) is 0 Å². The predicted octanol–water partition coefficient (Wildman–Crippen LogP) is 3.69. The molecule has 1 heterocycles. The largest absolute Gasteiger partial charge is 0.453 e. The van der Waals surface area contributed by atoms with Crippen molar-refractivity contribution in [2.75, 3.05) is 20.3 Å². The molecule has 122 valence electrons. The van der Waals surface area contributed by atoms with Crippen LogP contribution in [-0.2, 0) is 9.47 Å². The van der Waals surface area contributed by atoms with Gasteiger partial charge in [-0.1, -0.05) is 20.8 Å². The van der Waals surface area contributed by atoms with E-state index >= 15 is 0 Å². The summed E-state index contributed by atoms with van der Waals surface area (Å²) >= 11 is 0. The Morgan fingerprint density at radius 2 is 1.86 bits per heavy atom. The van der Waals surface area contributed by atoms with E-state index in [9.17, 15) is 4.79 Å². The molecule has 1 aliphatic carbocycles. The van der Waals surface area contributed by atoms with E-state index in [0.717, 1.165) is 24.8 Å². The van der Waals surface area contributed by atoms with Crippen LogP contribution in [-0.4, -0.2) is 43.4 Å². The lowest BCUT2D eigenvalue weighted by Crippen LogP contribution is -2.41. The zero-order valence-corrected chi connectivity index (χ0v) is 14.0. The Balaban J connectivity index is 1.78. The molecule has 2 rings (SSSR count). The number of nitrogens with zero attached hydrogens (tertiary/aromatic N) is 1. The second-order valence-corrected chi connectivity index (χ2v) is 7.11. The fraction of sp³-hybridized carbons (Fsp3) is 0.941. The number of rotatable bonds is 4. The Morgan fingerprint density at radius 1 is 1.19 bits per heavy atom. The highest BCUT2D eigenvalue weighted by molar-refractivity contribution is 5.68. The lowest BCUT2D eigenvalue weighted by molar-refractivity contribution is -0.0160. The van der Waals surface area contributed by atoms with Crippen molar-refractivity contribution in [2.24, 2.45) is 17.8 Å². The van der Waals surface area contributed by atoms with Crippen LogP contribution in [0.2, 0.25) is 0 Å². The Bertz CT molecular complexity index is 337. The van der Waals surface area contributed by atoms with Crippen LogP contribution in [0, 0.1) is 17.8 Å². The minimum Gasteiger partial charge on any atom is -0.453 e. The molecule has 0 spiro atoms. The molecule has 2 fully saturated rings. The third kappa shape index (κ3) is 4.12. The number of likely N-dealkylation sites (tertiary alicyclic amines) is 1. The standard InChI is InChI=1S/C17H31NO3/c1-12(2)14-5-7-15(8-6-14)21-11-16-13(3)9-10-18(16)17(19)20-4/h12-16H,5-11H2,1-4H3/t13-,14?,15?,16-/m0/s1. The topological polar surface area (TPSA) is 38.8 Å². The maximum Gasteiger partial charge on any atom is 0.409 e. The molecule has 0 aromatic carbocycles. The molecule has 0 aromatic heterocycles. The molecule has 0 unspecified atom stereocenters. The molecular formula is C17H31NO3. The van der Waals surface area contributed by atoms with Gasteiger partial charge in [0.15, 0.2) is 0 Å². The lowest BCUT2D eigenvalue weighted by Gasteiger charge is -2.33. The van der Waals surface area contributed by atoms with Crippen molar-refractivity contribution < 1.29 is 14.3 Å². The number of carbonyl (C=O) groups excluding carboxylic acids is 1. The molecule has 4 nitrogen and oxygen atoms in total. The molecule has 1 aliphatic heterocycles. The quantitative estimate of drug-likeness (QED) is 0.794. The maximum absolute atomic E-state index is 11.8. The summed E-state index contributed by atoms with van der Waals surface area (Å²) in [5.41, 5.74) is 0. The molecule has 0 bridgehead atoms. The highest BCUT2D eigenvalue weighted by atomic mass is 16.5. The van der Waals surface area contributed by atoms with E-state index in [1.165, 1.54) is 32.8 Å². The van der Waals surface area contributed by atoms with Gasteiger partial charge in [-0.15, -0.1) is 0 Å². The molecule has 1 amide bonds. The second kappa shape index (κ2) is 7.48. The first kappa shape index (κ1) is 16.6. The number of hydrogen-bond donors (Lipinski definition) is 0. The van der Waals surface area contributed by atoms with Crippen molar-refractivity contribution in [1.29, 1.82) is 0 Å². The molecule has 2 aliphatic rings. The highest BCUT2D eigenvalue weighted by Crippen LogP contribution is 2.32. The fourth-order valence-corrected chi connectivity index (χ4v) is 3.76. The first-order valence-corrected chi connectivity index (χ1v) is 8.49. The summed E-state index contributed by atoms with van der Waals surface area (Å²) in [6.07, 6.45) is 6.11. The van der Waals surface area contributed by atoms with Gasteiger partial charge in [-0.2, -0.15) is 0 Å². The zero-order chi connectivity index (χ0) is 15.4. The summed E-state index contributed by atoms with van der Waals surface area (Å²) in [6, 6.07) is 0.181. The maximum atomic E-state index is 11.8. The first-order valence-electron chi connectivity index (χ1n) is 8.49. The first-order chi connectivity index (χ1) is 10.0. The highest BCUT2D eigenvalue weighted by Gasteiger charge is 2.36. The average Bonchev–Trinajstić information content (AvgIpc) is 2.85. The van der Waals surface area contributed by atoms with Crippen molar-refractivity contribution >= 4 is 6.09 Å². The Kier molecular flexibility index (Phi) is 5.91. The molecule has 1 saturated carbocycles. The Morgan fingerprint density at radius 3 is 2.43 bits per heavy atom. The lowest BCUT2D eigenvalue weighted by atomic mass is 9.80. The van der Waals surface area contributed by atoms with Gasteiger partial charge in [0.05, 0.1) is 25.9 Å². The minimum atomic E-state index is -0.212. The van der Waals surface area contributed by atoms with Crippen molar-refractivity contribution in [1.82, 2.24) is 4.90 Å². The average molecular weight is 297 g/mol. The number of amides is 1. The van der Waals surface area contributed by atoms with Crippen molar-refractivity contribution in [3.63, 3.8) is 0 Å². The normalized spacial score (nSPS) is 33.5. The van der Waals surface area contributed by atoms with Gasteiger partial charge in [0.25, 0.3) is 0 Å². The number of hydrogen-bond acceptors (Lipinski definition) is 3. The summed E-state index contributed by atoms with van der Waals surface area (Å²) in [4.78, 5) is 13.6. The van der Waals surface area contributed by atoms with Crippen molar-refractivity contribution in [3.8, 4) is 0 Å². The molecule has 1 saturated heterocycles. The van der Waals surface area contributed by atoms with Gasteiger partial charge < -0.3 is 14.4 Å². The molecular weight excluding hydrogens is 266 g/mol. The van der Waals surface area contributed by atoms with E-state index in [-0.39, 0.29) is 12.1 Å². The summed E-state index contributed by atoms with van der Waals surface area (Å²) in [7, 11) is 1.45. The van der Waals surface area contributed by atoms with E-state index in [4.69, 9.17) is 9.47 Å².